The normalized spacial score (nSPS) is 17.9. The first-order valence-corrected chi connectivity index (χ1v) is 7.55. The van der Waals surface area contributed by atoms with E-state index >= 15 is 0 Å². The molecular formula is C15H21F3N2O3. The van der Waals surface area contributed by atoms with Gasteiger partial charge in [-0.05, 0) is 31.0 Å². The van der Waals surface area contributed by atoms with E-state index in [1.54, 1.807) is 0 Å². The second kappa shape index (κ2) is 7.85. The third kappa shape index (κ3) is 5.26. The fraction of sp³-hybridized carbons (Fsp3) is 0.600. The topological polar surface area (TPSA) is 65.0 Å². The summed E-state index contributed by atoms with van der Waals surface area (Å²) in [4.78, 5) is 2.10. The van der Waals surface area contributed by atoms with Gasteiger partial charge in [-0.1, -0.05) is 0 Å². The Morgan fingerprint density at radius 1 is 1.26 bits per heavy atom. The molecule has 0 unspecified atom stereocenters. The van der Waals surface area contributed by atoms with Crippen LogP contribution in [0.2, 0.25) is 0 Å². The van der Waals surface area contributed by atoms with Crippen LogP contribution in [0.3, 0.4) is 0 Å². The first-order valence-electron chi connectivity index (χ1n) is 7.55. The van der Waals surface area contributed by atoms with E-state index < -0.39 is 6.36 Å². The Hall–Kier alpha value is -1.51. The molecule has 23 heavy (non-hydrogen) atoms. The number of phenols is 1. The lowest BCUT2D eigenvalue weighted by atomic mass is 9.98. The third-order valence-electron chi connectivity index (χ3n) is 3.82. The van der Waals surface area contributed by atoms with E-state index in [0.29, 0.717) is 18.4 Å². The van der Waals surface area contributed by atoms with E-state index in [1.807, 2.05) is 0 Å². The molecular weight excluding hydrogens is 313 g/mol. The smallest absolute Gasteiger partial charge is 0.508 e. The van der Waals surface area contributed by atoms with Gasteiger partial charge in [0, 0.05) is 44.4 Å². The molecule has 1 aromatic carbocycles. The highest BCUT2D eigenvalue weighted by atomic mass is 19.4. The summed E-state index contributed by atoms with van der Waals surface area (Å²) in [5, 5.41) is 22.4. The zero-order valence-corrected chi connectivity index (χ0v) is 12.6. The van der Waals surface area contributed by atoms with E-state index in [-0.39, 0.29) is 24.1 Å². The lowest BCUT2D eigenvalue weighted by Gasteiger charge is -2.35. The quantitative estimate of drug-likeness (QED) is 0.743. The minimum absolute atomic E-state index is 0.0118. The van der Waals surface area contributed by atoms with Crippen molar-refractivity contribution in [1.29, 1.82) is 0 Å². The monoisotopic (exact) mass is 334 g/mol. The zero-order chi connectivity index (χ0) is 16.9. The predicted octanol–water partition coefficient (Wildman–Crippen LogP) is 2.01. The summed E-state index contributed by atoms with van der Waals surface area (Å²) in [6.07, 6.45) is -3.73. The van der Waals surface area contributed by atoms with Gasteiger partial charge in [0.15, 0.2) is 0 Å². The number of hydrogen-bond acceptors (Lipinski definition) is 5. The molecule has 3 N–H and O–H groups in total. The second-order valence-electron chi connectivity index (χ2n) is 5.44. The minimum atomic E-state index is -4.77. The molecule has 1 atom stereocenters. The average molecular weight is 334 g/mol. The highest BCUT2D eigenvalue weighted by molar-refractivity contribution is 5.41. The summed E-state index contributed by atoms with van der Waals surface area (Å²) < 4.78 is 41.1. The average Bonchev–Trinajstić information content (AvgIpc) is 2.50. The van der Waals surface area contributed by atoms with Gasteiger partial charge in [-0.3, -0.25) is 4.90 Å². The van der Waals surface area contributed by atoms with E-state index in [9.17, 15) is 18.3 Å². The van der Waals surface area contributed by atoms with Crippen LogP contribution in [-0.4, -0.2) is 54.3 Å². The van der Waals surface area contributed by atoms with Gasteiger partial charge in [0.1, 0.15) is 11.5 Å². The third-order valence-corrected chi connectivity index (χ3v) is 3.82. The number of halogens is 3. The van der Waals surface area contributed by atoms with E-state index in [0.717, 1.165) is 32.2 Å². The Morgan fingerprint density at radius 2 is 1.96 bits per heavy atom. The molecule has 1 fully saturated rings. The number of nitrogens with zero attached hydrogens (tertiary/aromatic N) is 1. The van der Waals surface area contributed by atoms with Crippen molar-refractivity contribution < 1.29 is 28.1 Å². The highest BCUT2D eigenvalue weighted by Crippen LogP contribution is 2.36. The van der Waals surface area contributed by atoms with Crippen molar-refractivity contribution in [3.63, 3.8) is 0 Å². The molecule has 0 bridgehead atoms. The van der Waals surface area contributed by atoms with Crippen LogP contribution in [-0.2, 0) is 0 Å². The van der Waals surface area contributed by atoms with Crippen LogP contribution in [0.4, 0.5) is 13.2 Å². The van der Waals surface area contributed by atoms with E-state index in [4.69, 9.17) is 5.11 Å². The van der Waals surface area contributed by atoms with Crippen molar-refractivity contribution >= 4 is 0 Å². The van der Waals surface area contributed by atoms with Crippen LogP contribution < -0.4 is 10.1 Å². The molecule has 0 aromatic heterocycles. The molecule has 1 saturated heterocycles. The Kier molecular flexibility index (Phi) is 6.09. The number of rotatable bonds is 6. The van der Waals surface area contributed by atoms with E-state index in [2.05, 4.69) is 15.0 Å². The van der Waals surface area contributed by atoms with Crippen molar-refractivity contribution in [1.82, 2.24) is 10.2 Å². The summed E-state index contributed by atoms with van der Waals surface area (Å²) >= 11 is 0. The highest BCUT2D eigenvalue weighted by Gasteiger charge is 2.32. The Morgan fingerprint density at radius 3 is 2.57 bits per heavy atom. The largest absolute Gasteiger partial charge is 0.573 e. The molecule has 0 aliphatic carbocycles. The first-order chi connectivity index (χ1) is 10.9. The van der Waals surface area contributed by atoms with Gasteiger partial charge >= 0.3 is 6.36 Å². The van der Waals surface area contributed by atoms with Gasteiger partial charge in [-0.25, -0.2) is 0 Å². The van der Waals surface area contributed by atoms with Crippen LogP contribution in [0.5, 0.6) is 11.5 Å². The molecule has 0 saturated carbocycles. The first kappa shape index (κ1) is 17.8. The van der Waals surface area contributed by atoms with Crippen LogP contribution in [0.25, 0.3) is 0 Å². The lowest BCUT2D eigenvalue weighted by Crippen LogP contribution is -2.45. The fourth-order valence-electron chi connectivity index (χ4n) is 2.81. The molecule has 0 radical (unpaired) electrons. The molecule has 0 spiro atoms. The summed E-state index contributed by atoms with van der Waals surface area (Å²) in [5.74, 6) is -0.421. The lowest BCUT2D eigenvalue weighted by molar-refractivity contribution is -0.274. The number of phenolic OH excluding ortho intramolecular Hbond substituents is 1. The van der Waals surface area contributed by atoms with Crippen molar-refractivity contribution in [3.8, 4) is 11.5 Å². The summed E-state index contributed by atoms with van der Waals surface area (Å²) in [7, 11) is 0. The zero-order valence-electron chi connectivity index (χ0n) is 12.6. The van der Waals surface area contributed by atoms with Gasteiger partial charge < -0.3 is 20.3 Å². The maximum atomic E-state index is 12.4. The summed E-state index contributed by atoms with van der Waals surface area (Å²) in [6.45, 7) is 2.98. The van der Waals surface area contributed by atoms with Crippen molar-refractivity contribution in [3.05, 3.63) is 23.8 Å². The second-order valence-corrected chi connectivity index (χ2v) is 5.44. The molecule has 8 heteroatoms. The van der Waals surface area contributed by atoms with E-state index in [1.165, 1.54) is 12.1 Å². The van der Waals surface area contributed by atoms with Crippen molar-refractivity contribution in [2.45, 2.75) is 25.2 Å². The number of ether oxygens (including phenoxy) is 1. The Balaban J connectivity index is 2.26. The minimum Gasteiger partial charge on any atom is -0.508 e. The predicted molar refractivity (Wildman–Crippen MR) is 78.3 cm³/mol. The number of aliphatic hydroxyl groups excluding tert-OH is 1. The molecule has 130 valence electrons. The Bertz CT molecular complexity index is 505. The maximum Gasteiger partial charge on any atom is 0.573 e. The number of benzene rings is 1. The van der Waals surface area contributed by atoms with Crippen molar-refractivity contribution in [2.75, 3.05) is 32.8 Å². The molecule has 1 aromatic rings. The maximum absolute atomic E-state index is 12.4. The number of piperazine rings is 1. The Labute approximate surface area is 132 Å². The van der Waals surface area contributed by atoms with Crippen LogP contribution in [0, 0.1) is 0 Å². The number of alkyl halides is 3. The van der Waals surface area contributed by atoms with Gasteiger partial charge in [-0.2, -0.15) is 0 Å². The SMILES string of the molecule is OCCC[C@@H](c1cc(OC(F)(F)F)ccc1O)N1CCNCC1. The molecule has 0 amide bonds. The van der Waals surface area contributed by atoms with Gasteiger partial charge in [0.05, 0.1) is 0 Å². The summed E-state index contributed by atoms with van der Waals surface area (Å²) in [6, 6.07) is 3.27. The number of nitrogens with one attached hydrogen (secondary N) is 1. The van der Waals surface area contributed by atoms with Crippen LogP contribution >= 0.6 is 0 Å². The van der Waals surface area contributed by atoms with Gasteiger partial charge in [0.25, 0.3) is 0 Å². The number of aliphatic hydroxyl groups is 1. The number of hydrogen-bond donors (Lipinski definition) is 3. The van der Waals surface area contributed by atoms with Crippen LogP contribution in [0.15, 0.2) is 18.2 Å². The number of aromatic hydroxyl groups is 1. The molecule has 1 aliphatic heterocycles. The fourth-order valence-corrected chi connectivity index (χ4v) is 2.81. The standard InChI is InChI=1S/C15H21F3N2O3/c16-15(17,18)23-11-3-4-14(22)12(10-11)13(2-1-9-21)20-7-5-19-6-8-20/h3-4,10,13,19,21-22H,1-2,5-9H2/t13-/m0/s1. The molecule has 2 rings (SSSR count). The van der Waals surface area contributed by atoms with Crippen molar-refractivity contribution in [2.24, 2.45) is 0 Å². The van der Waals surface area contributed by atoms with Gasteiger partial charge in [0.2, 0.25) is 0 Å². The molecule has 5 nitrogen and oxygen atoms in total. The molecule has 1 aliphatic rings. The van der Waals surface area contributed by atoms with Gasteiger partial charge in [-0.15, -0.1) is 13.2 Å². The molecule has 1 heterocycles. The van der Waals surface area contributed by atoms with Crippen LogP contribution in [0.1, 0.15) is 24.4 Å². The summed E-state index contributed by atoms with van der Waals surface area (Å²) in [5.41, 5.74) is 0.391.